The van der Waals surface area contributed by atoms with Gasteiger partial charge < -0.3 is 10.0 Å². The zero-order valence-corrected chi connectivity index (χ0v) is 9.21. The zero-order chi connectivity index (χ0) is 11.2. The number of aliphatic hydroxyl groups is 1. The van der Waals surface area contributed by atoms with Crippen LogP contribution in [0, 0.1) is 5.41 Å². The van der Waals surface area contributed by atoms with Crippen LogP contribution in [0.15, 0.2) is 0 Å². The lowest BCUT2D eigenvalue weighted by Gasteiger charge is -2.29. The molecule has 0 aromatic rings. The van der Waals surface area contributed by atoms with Crippen molar-refractivity contribution in [3.63, 3.8) is 0 Å². The number of carbonyl (C=O) groups is 1. The summed E-state index contributed by atoms with van der Waals surface area (Å²) in [6.07, 6.45) is 0. The molecule has 0 aliphatic carbocycles. The van der Waals surface area contributed by atoms with Crippen molar-refractivity contribution in [1.29, 1.82) is 0 Å². The van der Waals surface area contributed by atoms with Crippen LogP contribution in [0.2, 0.25) is 0 Å². The van der Waals surface area contributed by atoms with Crippen molar-refractivity contribution in [1.82, 2.24) is 10.3 Å². The van der Waals surface area contributed by atoms with Gasteiger partial charge in [0.2, 0.25) is 5.91 Å². The summed E-state index contributed by atoms with van der Waals surface area (Å²) in [4.78, 5) is 13.4. The van der Waals surface area contributed by atoms with Crippen LogP contribution in [0.5, 0.6) is 0 Å². The predicted octanol–water partition coefficient (Wildman–Crippen LogP) is -0.683. The number of amides is 1. The molecule has 4 N–H and O–H groups in total. The second-order valence-corrected chi connectivity index (χ2v) is 3.95. The Morgan fingerprint density at radius 3 is 2.50 bits per heavy atom. The zero-order valence-electron chi connectivity index (χ0n) is 9.21. The van der Waals surface area contributed by atoms with E-state index in [0.29, 0.717) is 13.1 Å². The van der Waals surface area contributed by atoms with E-state index in [9.17, 15) is 4.79 Å². The molecule has 5 heteroatoms. The number of nitrogens with two attached hydrogens (primary N) is 1. The van der Waals surface area contributed by atoms with Crippen LogP contribution in [0.4, 0.5) is 0 Å². The number of nitrogens with zero attached hydrogens (tertiary/aromatic N) is 1. The summed E-state index contributed by atoms with van der Waals surface area (Å²) in [5.74, 6) is 4.90. The molecule has 0 fully saturated rings. The second-order valence-electron chi connectivity index (χ2n) is 3.95. The number of nitrogens with one attached hydrogen (secondary N) is 1. The van der Waals surface area contributed by atoms with Gasteiger partial charge in [-0.1, -0.05) is 6.92 Å². The number of hydrazine groups is 1. The van der Waals surface area contributed by atoms with Crippen LogP contribution in [0.1, 0.15) is 20.8 Å². The van der Waals surface area contributed by atoms with Gasteiger partial charge in [0.15, 0.2) is 0 Å². The maximum absolute atomic E-state index is 11.4. The first-order chi connectivity index (χ1) is 6.47. The Balaban J connectivity index is 4.23. The molecule has 84 valence electrons. The van der Waals surface area contributed by atoms with Gasteiger partial charge in [0.1, 0.15) is 0 Å². The monoisotopic (exact) mass is 203 g/mol. The molecular weight excluding hydrogens is 182 g/mol. The largest absolute Gasteiger partial charge is 0.395 e. The van der Waals surface area contributed by atoms with Crippen molar-refractivity contribution >= 4 is 5.91 Å². The third-order valence-corrected chi connectivity index (χ3v) is 2.23. The molecule has 0 saturated carbocycles. The molecule has 0 atom stereocenters. The summed E-state index contributed by atoms with van der Waals surface area (Å²) < 4.78 is 0. The van der Waals surface area contributed by atoms with E-state index < -0.39 is 5.41 Å². The lowest BCUT2D eigenvalue weighted by molar-refractivity contribution is -0.130. The first kappa shape index (κ1) is 13.4. The fraction of sp³-hybridized carbons (Fsp3) is 0.889. The summed E-state index contributed by atoms with van der Waals surface area (Å²) >= 11 is 0. The van der Waals surface area contributed by atoms with Gasteiger partial charge in [-0.25, -0.2) is 5.84 Å². The van der Waals surface area contributed by atoms with Crippen molar-refractivity contribution in [3.8, 4) is 0 Å². The van der Waals surface area contributed by atoms with Crippen molar-refractivity contribution in [3.05, 3.63) is 0 Å². The summed E-state index contributed by atoms with van der Waals surface area (Å²) in [5, 5.41) is 8.79. The third kappa shape index (κ3) is 4.04. The maximum atomic E-state index is 11.4. The highest BCUT2D eigenvalue weighted by atomic mass is 16.3. The Hall–Kier alpha value is -0.650. The van der Waals surface area contributed by atoms with Crippen LogP contribution < -0.4 is 11.3 Å². The summed E-state index contributed by atoms with van der Waals surface area (Å²) in [6.45, 7) is 7.73. The van der Waals surface area contributed by atoms with Gasteiger partial charge in [-0.05, 0) is 20.4 Å². The van der Waals surface area contributed by atoms with E-state index >= 15 is 0 Å². The Morgan fingerprint density at radius 1 is 1.57 bits per heavy atom. The van der Waals surface area contributed by atoms with Gasteiger partial charge in [-0.15, -0.1) is 0 Å². The molecular formula is C9H21N3O2. The molecule has 14 heavy (non-hydrogen) atoms. The number of rotatable bonds is 6. The highest BCUT2D eigenvalue weighted by Crippen LogP contribution is 2.16. The van der Waals surface area contributed by atoms with E-state index in [4.69, 9.17) is 10.9 Å². The van der Waals surface area contributed by atoms with Gasteiger partial charge in [0.25, 0.3) is 0 Å². The Kier molecular flexibility index (Phi) is 5.68. The average molecular weight is 203 g/mol. The highest BCUT2D eigenvalue weighted by molar-refractivity contribution is 5.81. The minimum absolute atomic E-state index is 0.105. The lowest BCUT2D eigenvalue weighted by Crippen LogP contribution is -2.47. The summed E-state index contributed by atoms with van der Waals surface area (Å²) in [6, 6.07) is 0. The fourth-order valence-corrected chi connectivity index (χ4v) is 1.32. The molecule has 0 bridgehead atoms. The molecule has 0 unspecified atom stereocenters. The van der Waals surface area contributed by atoms with Crippen LogP contribution in [-0.2, 0) is 4.79 Å². The van der Waals surface area contributed by atoms with E-state index in [0.717, 1.165) is 6.54 Å². The topological polar surface area (TPSA) is 78.6 Å². The van der Waals surface area contributed by atoms with E-state index in [1.807, 2.05) is 25.7 Å². The molecule has 1 amide bonds. The maximum Gasteiger partial charge on any atom is 0.240 e. The van der Waals surface area contributed by atoms with Crippen molar-refractivity contribution in [2.75, 3.05) is 26.2 Å². The quantitative estimate of drug-likeness (QED) is 0.303. The molecule has 5 nitrogen and oxygen atoms in total. The third-order valence-electron chi connectivity index (χ3n) is 2.23. The first-order valence-electron chi connectivity index (χ1n) is 4.82. The van der Waals surface area contributed by atoms with Crippen LogP contribution >= 0.6 is 0 Å². The van der Waals surface area contributed by atoms with Gasteiger partial charge in [0, 0.05) is 13.1 Å². The van der Waals surface area contributed by atoms with Gasteiger partial charge in [-0.3, -0.25) is 10.2 Å². The average Bonchev–Trinajstić information content (AvgIpc) is 2.15. The minimum atomic E-state index is -0.528. The van der Waals surface area contributed by atoms with E-state index in [1.165, 1.54) is 0 Å². The molecule has 0 saturated heterocycles. The van der Waals surface area contributed by atoms with Gasteiger partial charge in [-0.2, -0.15) is 0 Å². The standard InChI is InChI=1S/C9H21N3O2/c1-4-12(5-6-13)7-9(2,3)8(14)11-10/h13H,4-7,10H2,1-3H3,(H,11,14). The molecule has 0 spiro atoms. The normalized spacial score (nSPS) is 11.9. The lowest BCUT2D eigenvalue weighted by atomic mass is 9.92. The number of aliphatic hydroxyl groups excluding tert-OH is 1. The van der Waals surface area contributed by atoms with Crippen LogP contribution in [0.25, 0.3) is 0 Å². The molecule has 0 radical (unpaired) electrons. The molecule has 0 aliphatic rings. The van der Waals surface area contributed by atoms with E-state index in [-0.39, 0.29) is 12.5 Å². The van der Waals surface area contributed by atoms with E-state index in [1.54, 1.807) is 0 Å². The summed E-state index contributed by atoms with van der Waals surface area (Å²) in [7, 11) is 0. The molecule has 0 aromatic heterocycles. The van der Waals surface area contributed by atoms with E-state index in [2.05, 4.69) is 5.43 Å². The minimum Gasteiger partial charge on any atom is -0.395 e. The van der Waals surface area contributed by atoms with Crippen molar-refractivity contribution in [2.24, 2.45) is 11.3 Å². The van der Waals surface area contributed by atoms with Gasteiger partial charge in [0.05, 0.1) is 12.0 Å². The SMILES string of the molecule is CCN(CCO)CC(C)(C)C(=O)NN. The van der Waals surface area contributed by atoms with Crippen molar-refractivity contribution in [2.45, 2.75) is 20.8 Å². The van der Waals surface area contributed by atoms with Gasteiger partial charge >= 0.3 is 0 Å². The molecule has 0 aromatic carbocycles. The van der Waals surface area contributed by atoms with Crippen LogP contribution in [-0.4, -0.2) is 42.2 Å². The second kappa shape index (κ2) is 5.95. The molecule has 0 aliphatic heterocycles. The first-order valence-corrected chi connectivity index (χ1v) is 4.82. The Bertz CT molecular complexity index is 183. The highest BCUT2D eigenvalue weighted by Gasteiger charge is 2.28. The fourth-order valence-electron chi connectivity index (χ4n) is 1.32. The summed E-state index contributed by atoms with van der Waals surface area (Å²) in [5.41, 5.74) is 1.62. The number of hydrogen-bond acceptors (Lipinski definition) is 4. The number of hydrogen-bond donors (Lipinski definition) is 3. The Morgan fingerprint density at radius 2 is 2.14 bits per heavy atom. The number of carbonyl (C=O) groups excluding carboxylic acids is 1. The van der Waals surface area contributed by atoms with Crippen LogP contribution in [0.3, 0.4) is 0 Å². The molecule has 0 rings (SSSR count). The molecule has 0 heterocycles. The Labute approximate surface area is 85.2 Å². The predicted molar refractivity (Wildman–Crippen MR) is 55.3 cm³/mol. The smallest absolute Gasteiger partial charge is 0.240 e. The van der Waals surface area contributed by atoms with Crippen molar-refractivity contribution < 1.29 is 9.90 Å². The number of likely N-dealkylation sites (N-methyl/N-ethyl adjacent to an activating group) is 1.